The van der Waals surface area contributed by atoms with Crippen molar-refractivity contribution in [3.63, 3.8) is 0 Å². The summed E-state index contributed by atoms with van der Waals surface area (Å²) in [5, 5.41) is 2.80. The Hall–Kier alpha value is -1.10. The van der Waals surface area contributed by atoms with E-state index in [1.54, 1.807) is 6.92 Å². The van der Waals surface area contributed by atoms with Crippen molar-refractivity contribution in [1.82, 2.24) is 4.98 Å². The summed E-state index contributed by atoms with van der Waals surface area (Å²) in [4.78, 5) is 18.1. The number of rotatable bonds is 4. The maximum atomic E-state index is 11.8. The van der Waals surface area contributed by atoms with Crippen LogP contribution in [0.1, 0.15) is 26.5 Å². The number of carbonyl (C=O) groups excluding carboxylic acids is 1. The number of ether oxygens (including phenoxy) is 1. The van der Waals surface area contributed by atoms with Gasteiger partial charge in [0.15, 0.2) is 5.13 Å². The summed E-state index contributed by atoms with van der Waals surface area (Å²) >= 11 is 1.53. The maximum absolute atomic E-state index is 11.8. The summed E-state index contributed by atoms with van der Waals surface area (Å²) < 4.78 is 5.04. The first-order valence-corrected chi connectivity index (χ1v) is 6.08. The zero-order chi connectivity index (χ0) is 12.3. The maximum Gasteiger partial charge on any atom is 0.317 e. The van der Waals surface area contributed by atoms with Crippen LogP contribution in [-0.2, 0) is 14.9 Å². The number of hydrogen-bond acceptors (Lipinski definition) is 5. The quantitative estimate of drug-likeness (QED) is 0.758. The minimum atomic E-state index is -0.680. The van der Waals surface area contributed by atoms with Gasteiger partial charge in [0, 0.05) is 19.5 Å². The zero-order valence-electron chi connectivity index (χ0n) is 10.4. The predicted molar refractivity (Wildman–Crippen MR) is 66.1 cm³/mol. The number of thiazole rings is 1. The van der Waals surface area contributed by atoms with Gasteiger partial charge in [0.1, 0.15) is 5.41 Å². The Morgan fingerprint density at radius 1 is 1.56 bits per heavy atom. The molecule has 0 aromatic carbocycles. The third-order valence-corrected chi connectivity index (χ3v) is 3.31. The highest BCUT2D eigenvalue weighted by Gasteiger charge is 2.34. The Kier molecular flexibility index (Phi) is 3.91. The van der Waals surface area contributed by atoms with Gasteiger partial charge in [0.25, 0.3) is 0 Å². The lowest BCUT2D eigenvalue weighted by Crippen LogP contribution is -2.31. The topological polar surface area (TPSA) is 42.4 Å². The molecule has 0 bridgehead atoms. The second-order valence-corrected chi connectivity index (χ2v) is 5.09. The molecule has 0 atom stereocenters. The molecule has 0 fully saturated rings. The molecular formula is C11H18N2O2S. The molecular weight excluding hydrogens is 224 g/mol. The third kappa shape index (κ3) is 2.52. The molecule has 1 rings (SSSR count). The molecule has 90 valence electrons. The van der Waals surface area contributed by atoms with Crippen LogP contribution in [0.2, 0.25) is 0 Å². The first kappa shape index (κ1) is 13.0. The number of aromatic nitrogens is 1. The van der Waals surface area contributed by atoms with Crippen molar-refractivity contribution < 1.29 is 9.53 Å². The molecule has 0 N–H and O–H groups in total. The van der Waals surface area contributed by atoms with Crippen LogP contribution >= 0.6 is 11.3 Å². The van der Waals surface area contributed by atoms with E-state index in [-0.39, 0.29) is 5.97 Å². The second-order valence-electron chi connectivity index (χ2n) is 4.26. The summed E-state index contributed by atoms with van der Waals surface area (Å²) in [6.45, 7) is 5.87. The van der Waals surface area contributed by atoms with E-state index < -0.39 is 5.41 Å². The molecule has 0 amide bonds. The summed E-state index contributed by atoms with van der Waals surface area (Å²) in [6.07, 6.45) is 0. The highest BCUT2D eigenvalue weighted by atomic mass is 32.1. The SMILES string of the molecule is CCOC(=O)C(C)(C)c1csc(N(C)C)n1. The Labute approximate surface area is 100 Å². The fourth-order valence-electron chi connectivity index (χ4n) is 1.17. The van der Waals surface area contributed by atoms with Crippen molar-refractivity contribution in [3.05, 3.63) is 11.1 Å². The smallest absolute Gasteiger partial charge is 0.317 e. The van der Waals surface area contributed by atoms with Crippen molar-refractivity contribution in [2.45, 2.75) is 26.2 Å². The van der Waals surface area contributed by atoms with Gasteiger partial charge in [-0.2, -0.15) is 0 Å². The van der Waals surface area contributed by atoms with Crippen molar-refractivity contribution in [1.29, 1.82) is 0 Å². The summed E-state index contributed by atoms with van der Waals surface area (Å²) in [7, 11) is 3.86. The van der Waals surface area contributed by atoms with Crippen molar-refractivity contribution >= 4 is 22.4 Å². The normalized spacial score (nSPS) is 11.3. The number of nitrogens with zero attached hydrogens (tertiary/aromatic N) is 2. The minimum absolute atomic E-state index is 0.231. The van der Waals surface area contributed by atoms with Gasteiger partial charge >= 0.3 is 5.97 Å². The van der Waals surface area contributed by atoms with E-state index in [4.69, 9.17) is 4.74 Å². The molecule has 0 aliphatic carbocycles. The summed E-state index contributed by atoms with van der Waals surface area (Å²) in [5.41, 5.74) is 0.0838. The van der Waals surface area contributed by atoms with Gasteiger partial charge in [-0.25, -0.2) is 4.98 Å². The Bertz CT molecular complexity index is 372. The molecule has 4 nitrogen and oxygen atoms in total. The van der Waals surface area contributed by atoms with Crippen LogP contribution in [0.25, 0.3) is 0 Å². The second kappa shape index (κ2) is 4.82. The molecule has 0 aliphatic heterocycles. The van der Waals surface area contributed by atoms with E-state index in [1.807, 2.05) is 38.2 Å². The van der Waals surface area contributed by atoms with E-state index in [2.05, 4.69) is 4.98 Å². The first-order valence-electron chi connectivity index (χ1n) is 5.20. The Morgan fingerprint density at radius 2 is 2.19 bits per heavy atom. The third-order valence-electron chi connectivity index (χ3n) is 2.30. The lowest BCUT2D eigenvalue weighted by Gasteiger charge is -2.19. The predicted octanol–water partition coefficient (Wildman–Crippen LogP) is 2.05. The van der Waals surface area contributed by atoms with E-state index >= 15 is 0 Å². The van der Waals surface area contributed by atoms with Gasteiger partial charge < -0.3 is 9.64 Å². The van der Waals surface area contributed by atoms with Gasteiger partial charge in [-0.1, -0.05) is 0 Å². The molecule has 0 spiro atoms. The molecule has 0 saturated heterocycles. The molecule has 1 heterocycles. The largest absolute Gasteiger partial charge is 0.465 e. The molecule has 5 heteroatoms. The van der Waals surface area contributed by atoms with Crippen LogP contribution in [0.15, 0.2) is 5.38 Å². The van der Waals surface area contributed by atoms with E-state index in [1.165, 1.54) is 11.3 Å². The lowest BCUT2D eigenvalue weighted by atomic mass is 9.90. The van der Waals surface area contributed by atoms with Crippen LogP contribution in [0.5, 0.6) is 0 Å². The molecule has 0 aliphatic rings. The van der Waals surface area contributed by atoms with E-state index in [9.17, 15) is 4.79 Å². The fourth-order valence-corrected chi connectivity index (χ4v) is 2.10. The molecule has 16 heavy (non-hydrogen) atoms. The number of carbonyl (C=O) groups is 1. The Morgan fingerprint density at radius 3 is 2.62 bits per heavy atom. The molecule has 1 aromatic rings. The monoisotopic (exact) mass is 242 g/mol. The van der Waals surface area contributed by atoms with Crippen LogP contribution in [0.3, 0.4) is 0 Å². The highest BCUT2D eigenvalue weighted by molar-refractivity contribution is 7.13. The fraction of sp³-hybridized carbons (Fsp3) is 0.636. The Balaban J connectivity index is 2.93. The van der Waals surface area contributed by atoms with Crippen molar-refractivity contribution in [2.75, 3.05) is 25.6 Å². The van der Waals surface area contributed by atoms with Crippen molar-refractivity contribution in [3.8, 4) is 0 Å². The van der Waals surface area contributed by atoms with Crippen molar-refractivity contribution in [2.24, 2.45) is 0 Å². The first-order chi connectivity index (χ1) is 7.39. The summed E-state index contributed by atoms with van der Waals surface area (Å²) in [6, 6.07) is 0. The van der Waals surface area contributed by atoms with E-state index in [0.717, 1.165) is 10.8 Å². The number of hydrogen-bond donors (Lipinski definition) is 0. The lowest BCUT2D eigenvalue weighted by molar-refractivity contribution is -0.148. The van der Waals surface area contributed by atoms with Gasteiger partial charge in [0.05, 0.1) is 12.3 Å². The highest BCUT2D eigenvalue weighted by Crippen LogP contribution is 2.29. The summed E-state index contributed by atoms with van der Waals surface area (Å²) in [5.74, 6) is -0.231. The molecule has 0 unspecified atom stereocenters. The number of anilines is 1. The van der Waals surface area contributed by atoms with E-state index in [0.29, 0.717) is 6.61 Å². The minimum Gasteiger partial charge on any atom is -0.465 e. The van der Waals surface area contributed by atoms with Crippen LogP contribution in [0, 0.1) is 0 Å². The average Bonchev–Trinajstić information content (AvgIpc) is 2.67. The molecule has 1 aromatic heterocycles. The van der Waals surface area contributed by atoms with Gasteiger partial charge in [-0.15, -0.1) is 11.3 Å². The molecule has 0 radical (unpaired) electrons. The van der Waals surface area contributed by atoms with Gasteiger partial charge in [-0.3, -0.25) is 4.79 Å². The van der Waals surface area contributed by atoms with Crippen LogP contribution in [0.4, 0.5) is 5.13 Å². The standard InChI is InChI=1S/C11H18N2O2S/c1-6-15-9(14)11(2,3)8-7-16-10(12-8)13(4)5/h7H,6H2,1-5H3. The number of esters is 1. The molecule has 0 saturated carbocycles. The average molecular weight is 242 g/mol. The van der Waals surface area contributed by atoms with Crippen LogP contribution < -0.4 is 4.90 Å². The zero-order valence-corrected chi connectivity index (χ0v) is 11.2. The van der Waals surface area contributed by atoms with Crippen LogP contribution in [-0.4, -0.2) is 31.7 Å². The van der Waals surface area contributed by atoms with Gasteiger partial charge in [-0.05, 0) is 20.8 Å². The van der Waals surface area contributed by atoms with Gasteiger partial charge in [0.2, 0.25) is 0 Å².